The molecule has 0 spiro atoms. The van der Waals surface area contributed by atoms with E-state index in [1.54, 1.807) is 13.2 Å². The first-order valence-corrected chi connectivity index (χ1v) is 8.87. The van der Waals surface area contributed by atoms with E-state index in [-0.39, 0.29) is 0 Å². The van der Waals surface area contributed by atoms with E-state index in [2.05, 4.69) is 10.2 Å². The molecule has 2 aromatic rings. The Balaban J connectivity index is 1.67. The first-order valence-electron chi connectivity index (χ1n) is 8.49. The molecule has 2 amide bonds. The lowest BCUT2D eigenvalue weighted by Crippen LogP contribution is -2.50. The maximum atomic E-state index is 13.7. The molecule has 1 saturated heterocycles. The number of nitrogens with zero attached hydrogens (tertiary/aromatic N) is 2. The van der Waals surface area contributed by atoms with E-state index < -0.39 is 23.4 Å². The average molecular weight is 396 g/mol. The first-order chi connectivity index (χ1) is 12.9. The van der Waals surface area contributed by atoms with E-state index in [1.807, 2.05) is 13.0 Å². The van der Waals surface area contributed by atoms with Crippen LogP contribution in [-0.2, 0) is 0 Å². The Morgan fingerprint density at radius 1 is 1.15 bits per heavy atom. The minimum absolute atomic E-state index is 0.409. The molecule has 1 fully saturated rings. The van der Waals surface area contributed by atoms with Crippen molar-refractivity contribution < 1.29 is 18.3 Å². The van der Waals surface area contributed by atoms with Crippen LogP contribution in [0.4, 0.5) is 25.0 Å². The molecule has 1 heterocycles. The SMILES string of the molecule is COc1cc(Cl)c(C)cc1N1CCN(C(=O)Nc2c(F)cccc2F)CC1. The number of hydrogen-bond donors (Lipinski definition) is 1. The number of carbonyl (C=O) groups is 1. The zero-order valence-corrected chi connectivity index (χ0v) is 15.8. The van der Waals surface area contributed by atoms with Gasteiger partial charge in [-0.3, -0.25) is 0 Å². The number of amides is 2. The Hall–Kier alpha value is -2.54. The van der Waals surface area contributed by atoms with Crippen LogP contribution in [0.25, 0.3) is 0 Å². The van der Waals surface area contributed by atoms with E-state index in [9.17, 15) is 13.6 Å². The molecule has 1 N–H and O–H groups in total. The number of rotatable bonds is 3. The molecule has 0 aromatic heterocycles. The van der Waals surface area contributed by atoms with Crippen molar-refractivity contribution in [2.24, 2.45) is 0 Å². The first kappa shape index (κ1) is 19.2. The lowest BCUT2D eigenvalue weighted by Gasteiger charge is -2.36. The van der Waals surface area contributed by atoms with Gasteiger partial charge in [-0.05, 0) is 30.7 Å². The molecule has 144 valence electrons. The molecule has 3 rings (SSSR count). The molecule has 5 nitrogen and oxygen atoms in total. The van der Waals surface area contributed by atoms with Gasteiger partial charge in [0.1, 0.15) is 23.1 Å². The summed E-state index contributed by atoms with van der Waals surface area (Å²) in [4.78, 5) is 16.0. The van der Waals surface area contributed by atoms with Gasteiger partial charge in [0.25, 0.3) is 0 Å². The van der Waals surface area contributed by atoms with Gasteiger partial charge in [-0.1, -0.05) is 17.7 Å². The number of piperazine rings is 1. The fraction of sp³-hybridized carbons (Fsp3) is 0.316. The molecule has 27 heavy (non-hydrogen) atoms. The molecule has 0 saturated carbocycles. The molecule has 0 aliphatic carbocycles. The standard InChI is InChI=1S/C19H20ClF2N3O2/c1-12-10-16(17(27-2)11-13(12)20)24-6-8-25(9-7-24)19(26)23-18-14(21)4-3-5-15(18)22/h3-5,10-11H,6-9H2,1-2H3,(H,23,26). The topological polar surface area (TPSA) is 44.8 Å². The second kappa shape index (κ2) is 8.00. The van der Waals surface area contributed by atoms with Gasteiger partial charge < -0.3 is 19.9 Å². The highest BCUT2D eigenvalue weighted by atomic mass is 35.5. The van der Waals surface area contributed by atoms with Gasteiger partial charge in [0.2, 0.25) is 0 Å². The quantitative estimate of drug-likeness (QED) is 0.843. The van der Waals surface area contributed by atoms with E-state index in [4.69, 9.17) is 16.3 Å². The molecule has 1 aliphatic heterocycles. The molecule has 2 aromatic carbocycles. The molecular weight excluding hydrogens is 376 g/mol. The molecule has 0 bridgehead atoms. The second-order valence-corrected chi connectivity index (χ2v) is 6.68. The van der Waals surface area contributed by atoms with Gasteiger partial charge in [0.15, 0.2) is 0 Å². The van der Waals surface area contributed by atoms with Gasteiger partial charge in [0, 0.05) is 37.3 Å². The second-order valence-electron chi connectivity index (χ2n) is 6.27. The van der Waals surface area contributed by atoms with E-state index >= 15 is 0 Å². The highest BCUT2D eigenvalue weighted by Crippen LogP contribution is 2.34. The molecule has 0 atom stereocenters. The van der Waals surface area contributed by atoms with E-state index in [1.165, 1.54) is 11.0 Å². The van der Waals surface area contributed by atoms with Crippen molar-refractivity contribution in [3.63, 3.8) is 0 Å². The Kier molecular flexibility index (Phi) is 5.70. The highest BCUT2D eigenvalue weighted by molar-refractivity contribution is 6.31. The maximum absolute atomic E-state index is 13.7. The van der Waals surface area contributed by atoms with E-state index in [0.29, 0.717) is 37.0 Å². The van der Waals surface area contributed by atoms with Crippen LogP contribution >= 0.6 is 11.6 Å². The Bertz CT molecular complexity index is 835. The summed E-state index contributed by atoms with van der Waals surface area (Å²) in [5.74, 6) is -0.941. The normalized spacial score (nSPS) is 14.3. The number of nitrogens with one attached hydrogen (secondary N) is 1. The fourth-order valence-electron chi connectivity index (χ4n) is 3.01. The third-order valence-corrected chi connectivity index (χ3v) is 4.97. The zero-order chi connectivity index (χ0) is 19.6. The van der Waals surface area contributed by atoms with Crippen molar-refractivity contribution in [1.82, 2.24) is 4.90 Å². The predicted octanol–water partition coefficient (Wildman–Crippen LogP) is 4.29. The van der Waals surface area contributed by atoms with Gasteiger partial charge in [-0.25, -0.2) is 13.6 Å². The van der Waals surface area contributed by atoms with Gasteiger partial charge in [-0.2, -0.15) is 0 Å². The van der Waals surface area contributed by atoms with Crippen LogP contribution in [0.2, 0.25) is 5.02 Å². The van der Waals surface area contributed by atoms with E-state index in [0.717, 1.165) is 23.4 Å². The molecule has 0 unspecified atom stereocenters. The average Bonchev–Trinajstić information content (AvgIpc) is 2.66. The van der Waals surface area contributed by atoms with Crippen LogP contribution in [0.3, 0.4) is 0 Å². The smallest absolute Gasteiger partial charge is 0.322 e. The number of halogens is 3. The summed E-state index contributed by atoms with van der Waals surface area (Å²) in [6.45, 7) is 3.85. The number of carbonyl (C=O) groups excluding carboxylic acids is 1. The fourth-order valence-corrected chi connectivity index (χ4v) is 3.17. The summed E-state index contributed by atoms with van der Waals surface area (Å²) in [5, 5.41) is 2.94. The number of hydrogen-bond acceptors (Lipinski definition) is 3. The van der Waals surface area contributed by atoms with Crippen molar-refractivity contribution in [1.29, 1.82) is 0 Å². The summed E-state index contributed by atoms with van der Waals surface area (Å²) in [5.41, 5.74) is 1.40. The van der Waals surface area contributed by atoms with Crippen LogP contribution < -0.4 is 15.0 Å². The zero-order valence-electron chi connectivity index (χ0n) is 15.1. The predicted molar refractivity (Wildman–Crippen MR) is 102 cm³/mol. The third-order valence-electron chi connectivity index (χ3n) is 4.56. The monoisotopic (exact) mass is 395 g/mol. The van der Waals surface area contributed by atoms with Gasteiger partial charge >= 0.3 is 6.03 Å². The van der Waals surface area contributed by atoms with Crippen LogP contribution in [-0.4, -0.2) is 44.2 Å². The summed E-state index contributed by atoms with van der Waals surface area (Å²) in [6, 6.07) is 6.65. The lowest BCUT2D eigenvalue weighted by atomic mass is 10.1. The number of urea groups is 1. The van der Waals surface area contributed by atoms with Crippen LogP contribution in [0.1, 0.15) is 5.56 Å². The van der Waals surface area contributed by atoms with Gasteiger partial charge in [-0.15, -0.1) is 0 Å². The highest BCUT2D eigenvalue weighted by Gasteiger charge is 2.24. The lowest BCUT2D eigenvalue weighted by molar-refractivity contribution is 0.208. The van der Waals surface area contributed by atoms with Crippen molar-refractivity contribution in [3.05, 3.63) is 52.6 Å². The maximum Gasteiger partial charge on any atom is 0.322 e. The van der Waals surface area contributed by atoms with Crippen molar-refractivity contribution in [2.45, 2.75) is 6.92 Å². The van der Waals surface area contributed by atoms with Crippen LogP contribution in [0.5, 0.6) is 5.75 Å². The van der Waals surface area contributed by atoms with Crippen LogP contribution in [0, 0.1) is 18.6 Å². The van der Waals surface area contributed by atoms with Crippen molar-refractivity contribution in [2.75, 3.05) is 43.5 Å². The summed E-state index contributed by atoms with van der Waals surface area (Å²) >= 11 is 6.15. The number of anilines is 2. The Morgan fingerprint density at radius 3 is 2.37 bits per heavy atom. The number of benzene rings is 2. The molecular formula is C19H20ClF2N3O2. The van der Waals surface area contributed by atoms with Crippen molar-refractivity contribution >= 4 is 29.0 Å². The van der Waals surface area contributed by atoms with Crippen molar-refractivity contribution in [3.8, 4) is 5.75 Å². The number of ether oxygens (including phenoxy) is 1. The number of aryl methyl sites for hydroxylation is 1. The third kappa shape index (κ3) is 4.08. The summed E-state index contributed by atoms with van der Waals surface area (Å²) < 4.78 is 32.8. The summed E-state index contributed by atoms with van der Waals surface area (Å²) in [7, 11) is 1.58. The summed E-state index contributed by atoms with van der Waals surface area (Å²) in [6.07, 6.45) is 0. The molecule has 0 radical (unpaired) electrons. The molecule has 8 heteroatoms. The molecule has 1 aliphatic rings. The van der Waals surface area contributed by atoms with Crippen LogP contribution in [0.15, 0.2) is 30.3 Å². The number of methoxy groups -OCH3 is 1. The van der Waals surface area contributed by atoms with Gasteiger partial charge in [0.05, 0.1) is 12.8 Å². The number of para-hydroxylation sites is 1. The minimum atomic E-state index is -0.802. The Morgan fingerprint density at radius 2 is 1.78 bits per heavy atom. The largest absolute Gasteiger partial charge is 0.495 e. The Labute approximate surface area is 161 Å². The minimum Gasteiger partial charge on any atom is -0.495 e.